The number of primary amides is 1. The Morgan fingerprint density at radius 3 is 2.64 bits per heavy atom. The number of aldehydes is 1. The molecular weight excluding hydrogens is 297 g/mol. The Kier molecular flexibility index (Phi) is 3.45. The Morgan fingerprint density at radius 1 is 1.57 bits per heavy atom. The molecule has 0 aliphatic carbocycles. The molecule has 0 atom stereocenters. The van der Waals surface area contributed by atoms with E-state index in [-0.39, 0.29) is 0 Å². The molecule has 1 aromatic rings. The predicted molar refractivity (Wildman–Crippen MR) is 59.6 cm³/mol. The van der Waals surface area contributed by atoms with Gasteiger partial charge in [0.1, 0.15) is 12.0 Å². The van der Waals surface area contributed by atoms with Crippen molar-refractivity contribution >= 4 is 34.8 Å². The van der Waals surface area contributed by atoms with Gasteiger partial charge in [0.15, 0.2) is 0 Å². The van der Waals surface area contributed by atoms with E-state index in [0.717, 1.165) is 0 Å². The molecule has 5 heteroatoms. The number of hydrogen-bond donors (Lipinski definition) is 1. The van der Waals surface area contributed by atoms with E-state index >= 15 is 0 Å². The molecule has 4 nitrogen and oxygen atoms in total. The lowest BCUT2D eigenvalue weighted by molar-refractivity contribution is 0.0999. The van der Waals surface area contributed by atoms with Crippen LogP contribution in [0.2, 0.25) is 0 Å². The van der Waals surface area contributed by atoms with Gasteiger partial charge in [0.25, 0.3) is 0 Å². The smallest absolute Gasteiger partial charge is 0.249 e. The Morgan fingerprint density at radius 2 is 2.21 bits per heavy atom. The molecule has 0 bridgehead atoms. The van der Waals surface area contributed by atoms with E-state index in [0.29, 0.717) is 26.7 Å². The van der Waals surface area contributed by atoms with Crippen LogP contribution in [0.4, 0.5) is 0 Å². The summed E-state index contributed by atoms with van der Waals surface area (Å²) >= 11 is 1.95. The number of nitrogens with two attached hydrogens (primary N) is 1. The van der Waals surface area contributed by atoms with Gasteiger partial charge in [-0.05, 0) is 34.7 Å². The summed E-state index contributed by atoms with van der Waals surface area (Å²) in [7, 11) is 1.47. The van der Waals surface area contributed by atoms with E-state index in [9.17, 15) is 9.59 Å². The van der Waals surface area contributed by atoms with Crippen LogP contribution >= 0.6 is 22.6 Å². The highest BCUT2D eigenvalue weighted by molar-refractivity contribution is 14.1. The van der Waals surface area contributed by atoms with Crippen molar-refractivity contribution in [3.63, 3.8) is 0 Å². The molecule has 0 fully saturated rings. The van der Waals surface area contributed by atoms with E-state index < -0.39 is 5.91 Å². The number of methoxy groups -OCH3 is 1. The summed E-state index contributed by atoms with van der Waals surface area (Å²) < 4.78 is 5.62. The number of carbonyl (C=O) groups is 2. The van der Waals surface area contributed by atoms with Gasteiger partial charge in [-0.2, -0.15) is 0 Å². The molecule has 1 amide bonds. The van der Waals surface area contributed by atoms with Crippen LogP contribution in [0, 0.1) is 3.57 Å². The minimum Gasteiger partial charge on any atom is -0.496 e. The van der Waals surface area contributed by atoms with Gasteiger partial charge in [0.2, 0.25) is 5.91 Å². The molecule has 0 radical (unpaired) electrons. The lowest BCUT2D eigenvalue weighted by Gasteiger charge is -2.07. The Bertz CT molecular complexity index is 390. The third-order valence-electron chi connectivity index (χ3n) is 1.68. The van der Waals surface area contributed by atoms with Crippen molar-refractivity contribution in [1.82, 2.24) is 0 Å². The number of ether oxygens (including phenoxy) is 1. The van der Waals surface area contributed by atoms with Crippen LogP contribution in [0.3, 0.4) is 0 Å². The first-order valence-corrected chi connectivity index (χ1v) is 4.80. The second-order valence-corrected chi connectivity index (χ2v) is 3.65. The molecule has 0 heterocycles. The first-order chi connectivity index (χ1) is 6.60. The number of halogens is 1. The zero-order valence-corrected chi connectivity index (χ0v) is 9.57. The fourth-order valence-electron chi connectivity index (χ4n) is 1.02. The molecule has 0 aliphatic heterocycles. The van der Waals surface area contributed by atoms with Crippen LogP contribution in [0.25, 0.3) is 0 Å². The molecule has 1 rings (SSSR count). The molecule has 0 aromatic heterocycles. The summed E-state index contributed by atoms with van der Waals surface area (Å²) in [5.41, 5.74) is 5.82. The maximum absolute atomic E-state index is 11.0. The van der Waals surface area contributed by atoms with Crippen LogP contribution < -0.4 is 10.5 Å². The zero-order valence-electron chi connectivity index (χ0n) is 7.41. The predicted octanol–water partition coefficient (Wildman–Crippen LogP) is 1.21. The van der Waals surface area contributed by atoms with Crippen molar-refractivity contribution in [3.8, 4) is 5.75 Å². The summed E-state index contributed by atoms with van der Waals surface area (Å²) in [6.45, 7) is 0. The lowest BCUT2D eigenvalue weighted by Crippen LogP contribution is -2.13. The van der Waals surface area contributed by atoms with Crippen molar-refractivity contribution in [2.24, 2.45) is 5.73 Å². The van der Waals surface area contributed by atoms with Crippen molar-refractivity contribution in [2.45, 2.75) is 0 Å². The summed E-state index contributed by atoms with van der Waals surface area (Å²) in [4.78, 5) is 21.6. The number of benzene rings is 1. The maximum atomic E-state index is 11.0. The number of rotatable bonds is 3. The van der Waals surface area contributed by atoms with E-state index in [1.807, 2.05) is 22.6 Å². The molecular formula is C9H8INO3. The average molecular weight is 305 g/mol. The van der Waals surface area contributed by atoms with Crippen LogP contribution in [-0.4, -0.2) is 19.3 Å². The first kappa shape index (κ1) is 11.0. The van der Waals surface area contributed by atoms with Crippen LogP contribution in [0.5, 0.6) is 5.75 Å². The number of hydrogen-bond acceptors (Lipinski definition) is 3. The minimum atomic E-state index is -0.573. The van der Waals surface area contributed by atoms with Gasteiger partial charge < -0.3 is 10.5 Å². The van der Waals surface area contributed by atoms with Crippen molar-refractivity contribution in [1.29, 1.82) is 0 Å². The average Bonchev–Trinajstić information content (AvgIpc) is 2.17. The third kappa shape index (κ3) is 2.03. The summed E-state index contributed by atoms with van der Waals surface area (Å²) in [5, 5.41) is 0. The van der Waals surface area contributed by atoms with Crippen LogP contribution in [-0.2, 0) is 0 Å². The molecule has 1 aromatic carbocycles. The van der Waals surface area contributed by atoms with Crippen molar-refractivity contribution < 1.29 is 14.3 Å². The summed E-state index contributed by atoms with van der Waals surface area (Å²) in [6.07, 6.45) is 0.644. The van der Waals surface area contributed by atoms with E-state index in [2.05, 4.69) is 0 Å². The Balaban J connectivity index is 3.41. The zero-order chi connectivity index (χ0) is 10.7. The van der Waals surface area contributed by atoms with Crippen molar-refractivity contribution in [2.75, 3.05) is 7.11 Å². The maximum Gasteiger partial charge on any atom is 0.249 e. The van der Waals surface area contributed by atoms with Gasteiger partial charge in [-0.15, -0.1) is 0 Å². The van der Waals surface area contributed by atoms with Gasteiger partial charge in [-0.3, -0.25) is 9.59 Å². The number of amides is 1. The Hall–Kier alpha value is -1.11. The Labute approximate surface area is 94.6 Å². The van der Waals surface area contributed by atoms with Crippen molar-refractivity contribution in [3.05, 3.63) is 26.8 Å². The second kappa shape index (κ2) is 4.41. The SMILES string of the molecule is COc1cc(C=O)cc(C(N)=O)c1I. The van der Waals surface area contributed by atoms with Gasteiger partial charge in [0, 0.05) is 5.56 Å². The largest absolute Gasteiger partial charge is 0.496 e. The molecule has 2 N–H and O–H groups in total. The highest BCUT2D eigenvalue weighted by Gasteiger charge is 2.12. The lowest BCUT2D eigenvalue weighted by atomic mass is 10.1. The van der Waals surface area contributed by atoms with Gasteiger partial charge in [0.05, 0.1) is 16.2 Å². The summed E-state index contributed by atoms with van der Waals surface area (Å²) in [6, 6.07) is 3.00. The molecule has 74 valence electrons. The van der Waals surface area contributed by atoms with E-state index in [4.69, 9.17) is 10.5 Å². The van der Waals surface area contributed by atoms with Crippen LogP contribution in [0.1, 0.15) is 20.7 Å². The van der Waals surface area contributed by atoms with E-state index in [1.54, 1.807) is 6.07 Å². The molecule has 0 spiro atoms. The molecule has 14 heavy (non-hydrogen) atoms. The standard InChI is InChI=1S/C9H8INO3/c1-14-7-3-5(4-12)2-6(8(7)10)9(11)13/h2-4H,1H3,(H2,11,13). The molecule has 0 aliphatic rings. The fourth-order valence-corrected chi connectivity index (χ4v) is 1.81. The van der Waals surface area contributed by atoms with Crippen LogP contribution in [0.15, 0.2) is 12.1 Å². The quantitative estimate of drug-likeness (QED) is 0.674. The second-order valence-electron chi connectivity index (χ2n) is 2.57. The first-order valence-electron chi connectivity index (χ1n) is 3.72. The van der Waals surface area contributed by atoms with Gasteiger partial charge in [-0.25, -0.2) is 0 Å². The summed E-state index contributed by atoms with van der Waals surface area (Å²) in [5.74, 6) is -0.0969. The normalized spacial score (nSPS) is 9.57. The number of carbonyl (C=O) groups excluding carboxylic acids is 2. The molecule has 0 unspecified atom stereocenters. The molecule has 0 saturated carbocycles. The van der Waals surface area contributed by atoms with Gasteiger partial charge >= 0.3 is 0 Å². The topological polar surface area (TPSA) is 69.4 Å². The monoisotopic (exact) mass is 305 g/mol. The highest BCUT2D eigenvalue weighted by atomic mass is 127. The minimum absolute atomic E-state index is 0.298. The fraction of sp³-hybridized carbons (Fsp3) is 0.111. The third-order valence-corrected chi connectivity index (χ3v) is 2.80. The highest BCUT2D eigenvalue weighted by Crippen LogP contribution is 2.25. The van der Waals surface area contributed by atoms with Gasteiger partial charge in [-0.1, -0.05) is 0 Å². The van der Waals surface area contributed by atoms with E-state index in [1.165, 1.54) is 13.2 Å². The molecule has 0 saturated heterocycles.